The van der Waals surface area contributed by atoms with Crippen LogP contribution in [0, 0.1) is 0 Å². The fourth-order valence-electron chi connectivity index (χ4n) is 1.17. The zero-order valence-electron chi connectivity index (χ0n) is 8.07. The Morgan fingerprint density at radius 3 is 2.44 bits per heavy atom. The summed E-state index contributed by atoms with van der Waals surface area (Å²) in [6.45, 7) is 0. The zero-order valence-corrected chi connectivity index (χ0v) is 8.07. The van der Waals surface area contributed by atoms with E-state index in [9.17, 15) is 19.8 Å². The highest BCUT2D eigenvalue weighted by molar-refractivity contribution is 5.79. The van der Waals surface area contributed by atoms with Gasteiger partial charge < -0.3 is 20.4 Å². The zero-order chi connectivity index (χ0) is 12.3. The molecule has 4 N–H and O–H groups in total. The van der Waals surface area contributed by atoms with Gasteiger partial charge in [0.05, 0.1) is 5.56 Å². The average molecular weight is 226 g/mol. The summed E-state index contributed by atoms with van der Waals surface area (Å²) in [5, 5.41) is 36.2. The average Bonchev–Trinajstić information content (AvgIpc) is 2.27. The van der Waals surface area contributed by atoms with E-state index in [1.165, 1.54) is 6.07 Å². The summed E-state index contributed by atoms with van der Waals surface area (Å²) in [6.07, 6.45) is -3.28. The Bertz CT molecular complexity index is 414. The topological polar surface area (TPSA) is 115 Å². The third-order valence-electron chi connectivity index (χ3n) is 2.07. The highest BCUT2D eigenvalue weighted by atomic mass is 16.4. The Morgan fingerprint density at radius 2 is 1.94 bits per heavy atom. The summed E-state index contributed by atoms with van der Waals surface area (Å²) >= 11 is 0. The minimum absolute atomic E-state index is 0.0369. The molecule has 0 heterocycles. The molecule has 0 fully saturated rings. The summed E-state index contributed by atoms with van der Waals surface area (Å²) in [4.78, 5) is 20.9. The summed E-state index contributed by atoms with van der Waals surface area (Å²) < 4.78 is 0. The van der Waals surface area contributed by atoms with Gasteiger partial charge in [-0.2, -0.15) is 0 Å². The lowest BCUT2D eigenvalue weighted by molar-refractivity contribution is -0.153. The van der Waals surface area contributed by atoms with Gasteiger partial charge in [-0.3, -0.25) is 4.79 Å². The van der Waals surface area contributed by atoms with Crippen LogP contribution in [-0.4, -0.2) is 38.8 Å². The molecule has 16 heavy (non-hydrogen) atoms. The third-order valence-corrected chi connectivity index (χ3v) is 2.07. The molecule has 1 rings (SSSR count). The molecule has 0 bridgehead atoms. The number of phenolic OH excluding ortho intramolecular Hbond substituents is 1. The molecule has 2 atom stereocenters. The number of aliphatic hydroxyl groups is 2. The maximum absolute atomic E-state index is 10.5. The van der Waals surface area contributed by atoms with Gasteiger partial charge in [0.15, 0.2) is 12.4 Å². The lowest BCUT2D eigenvalue weighted by Crippen LogP contribution is -2.27. The number of aliphatic carboxylic acids is 1. The first kappa shape index (κ1) is 12.2. The van der Waals surface area contributed by atoms with Gasteiger partial charge in [-0.05, 0) is 17.7 Å². The van der Waals surface area contributed by atoms with Crippen LogP contribution in [0.2, 0.25) is 0 Å². The molecule has 6 heteroatoms. The monoisotopic (exact) mass is 226 g/mol. The molecule has 86 valence electrons. The number of aliphatic hydroxyl groups excluding tert-OH is 2. The highest BCUT2D eigenvalue weighted by Gasteiger charge is 2.25. The maximum atomic E-state index is 10.5. The Kier molecular flexibility index (Phi) is 3.60. The number of hydrogen-bond acceptors (Lipinski definition) is 5. The van der Waals surface area contributed by atoms with Crippen molar-refractivity contribution in [3.05, 3.63) is 29.3 Å². The second-order valence-corrected chi connectivity index (χ2v) is 3.16. The predicted octanol–water partition coefficient (Wildman–Crippen LogP) is -0.316. The first-order valence-electron chi connectivity index (χ1n) is 4.34. The van der Waals surface area contributed by atoms with Crippen LogP contribution in [0.25, 0.3) is 0 Å². The number of rotatable bonds is 4. The molecule has 2 unspecified atom stereocenters. The van der Waals surface area contributed by atoms with Crippen molar-refractivity contribution in [2.75, 3.05) is 0 Å². The van der Waals surface area contributed by atoms with Gasteiger partial charge in [-0.25, -0.2) is 4.79 Å². The van der Waals surface area contributed by atoms with Crippen molar-refractivity contribution >= 4 is 12.3 Å². The molecule has 0 saturated carbocycles. The van der Waals surface area contributed by atoms with Crippen molar-refractivity contribution in [1.29, 1.82) is 0 Å². The molecule has 0 radical (unpaired) electrons. The number of carbonyl (C=O) groups is 2. The second kappa shape index (κ2) is 4.73. The third kappa shape index (κ3) is 2.36. The standard InChI is InChI=1S/C10H10O6/c11-4-6-3-5(1-2-7(6)12)8(13)9(14)10(15)16/h1-4,8-9,12-14H,(H,15,16). The molecule has 6 nitrogen and oxygen atoms in total. The number of carboxylic acids is 1. The quantitative estimate of drug-likeness (QED) is 0.523. The fraction of sp³-hybridized carbons (Fsp3) is 0.200. The van der Waals surface area contributed by atoms with E-state index in [0.29, 0.717) is 6.29 Å². The fourth-order valence-corrected chi connectivity index (χ4v) is 1.17. The molecule has 1 aromatic rings. The van der Waals surface area contributed by atoms with Crippen LogP contribution in [0.4, 0.5) is 0 Å². The van der Waals surface area contributed by atoms with Gasteiger partial charge >= 0.3 is 5.97 Å². The van der Waals surface area contributed by atoms with E-state index in [1.807, 2.05) is 0 Å². The smallest absolute Gasteiger partial charge is 0.335 e. The second-order valence-electron chi connectivity index (χ2n) is 3.16. The van der Waals surface area contributed by atoms with E-state index >= 15 is 0 Å². The lowest BCUT2D eigenvalue weighted by atomic mass is 10.0. The molecule has 0 aromatic heterocycles. The molecule has 0 spiro atoms. The van der Waals surface area contributed by atoms with Crippen LogP contribution in [0.1, 0.15) is 22.0 Å². The molecular formula is C10H10O6. The number of carboxylic acid groups (broad SMARTS) is 1. The Hall–Kier alpha value is -1.92. The summed E-state index contributed by atoms with van der Waals surface area (Å²) in [5.41, 5.74) is -0.0519. The normalized spacial score (nSPS) is 14.1. The number of benzene rings is 1. The van der Waals surface area contributed by atoms with Crippen molar-refractivity contribution in [2.45, 2.75) is 12.2 Å². The molecule has 1 aromatic carbocycles. The molecule has 0 aliphatic rings. The van der Waals surface area contributed by atoms with Crippen molar-refractivity contribution in [3.63, 3.8) is 0 Å². The molecule has 0 aliphatic heterocycles. The Balaban J connectivity index is 3.05. The first-order valence-corrected chi connectivity index (χ1v) is 4.34. The van der Waals surface area contributed by atoms with Crippen LogP contribution in [0.15, 0.2) is 18.2 Å². The minimum atomic E-state index is -1.98. The number of aromatic hydroxyl groups is 1. The van der Waals surface area contributed by atoms with Crippen LogP contribution in [0.5, 0.6) is 5.75 Å². The summed E-state index contributed by atoms with van der Waals surface area (Å²) in [6, 6.07) is 3.47. The molecule has 0 aliphatic carbocycles. The van der Waals surface area contributed by atoms with E-state index in [2.05, 4.69) is 0 Å². The summed E-state index contributed by atoms with van der Waals surface area (Å²) in [7, 11) is 0. The maximum Gasteiger partial charge on any atom is 0.335 e. The van der Waals surface area contributed by atoms with Crippen LogP contribution in [-0.2, 0) is 4.79 Å². The van der Waals surface area contributed by atoms with Gasteiger partial charge in [0.1, 0.15) is 11.9 Å². The van der Waals surface area contributed by atoms with Gasteiger partial charge in [-0.1, -0.05) is 6.07 Å². The SMILES string of the molecule is O=Cc1cc(C(O)C(O)C(=O)O)ccc1O. The summed E-state index contributed by atoms with van der Waals surface area (Å²) in [5.74, 6) is -1.86. The molecule has 0 saturated heterocycles. The van der Waals surface area contributed by atoms with Crippen molar-refractivity contribution in [2.24, 2.45) is 0 Å². The molecule has 0 amide bonds. The van der Waals surface area contributed by atoms with E-state index in [-0.39, 0.29) is 16.9 Å². The van der Waals surface area contributed by atoms with Crippen LogP contribution in [0.3, 0.4) is 0 Å². The highest BCUT2D eigenvalue weighted by Crippen LogP contribution is 2.23. The van der Waals surface area contributed by atoms with Crippen LogP contribution >= 0.6 is 0 Å². The number of carbonyl (C=O) groups excluding carboxylic acids is 1. The van der Waals surface area contributed by atoms with Gasteiger partial charge in [-0.15, -0.1) is 0 Å². The van der Waals surface area contributed by atoms with Gasteiger partial charge in [0, 0.05) is 0 Å². The Labute approximate surface area is 90.4 Å². The molecular weight excluding hydrogens is 216 g/mol. The van der Waals surface area contributed by atoms with Gasteiger partial charge in [0.2, 0.25) is 0 Å². The van der Waals surface area contributed by atoms with Crippen molar-refractivity contribution in [1.82, 2.24) is 0 Å². The lowest BCUT2D eigenvalue weighted by Gasteiger charge is -2.14. The predicted molar refractivity (Wildman–Crippen MR) is 52.1 cm³/mol. The Morgan fingerprint density at radius 1 is 1.31 bits per heavy atom. The van der Waals surface area contributed by atoms with Crippen molar-refractivity contribution in [3.8, 4) is 5.75 Å². The van der Waals surface area contributed by atoms with Crippen LogP contribution < -0.4 is 0 Å². The van der Waals surface area contributed by atoms with E-state index in [1.54, 1.807) is 0 Å². The number of aldehydes is 1. The van der Waals surface area contributed by atoms with E-state index in [0.717, 1.165) is 12.1 Å². The van der Waals surface area contributed by atoms with Gasteiger partial charge in [0.25, 0.3) is 0 Å². The van der Waals surface area contributed by atoms with E-state index < -0.39 is 18.2 Å². The minimum Gasteiger partial charge on any atom is -0.507 e. The van der Waals surface area contributed by atoms with E-state index in [4.69, 9.17) is 10.2 Å². The first-order chi connectivity index (χ1) is 7.47. The number of hydrogen-bond donors (Lipinski definition) is 4. The number of phenols is 1. The largest absolute Gasteiger partial charge is 0.507 e. The van der Waals surface area contributed by atoms with Crippen molar-refractivity contribution < 1.29 is 30.0 Å².